The van der Waals surface area contributed by atoms with Crippen molar-refractivity contribution in [3.05, 3.63) is 35.9 Å². The zero-order valence-corrected chi connectivity index (χ0v) is 16.1. The molecule has 1 unspecified atom stereocenters. The number of amidine groups is 2. The molecule has 14 heteroatoms. The highest BCUT2D eigenvalue weighted by atomic mass is 32.2. The third-order valence-electron chi connectivity index (χ3n) is 4.90. The smallest absolute Gasteiger partial charge is 0.261 e. The number of hydrogen-bond donors (Lipinski definition) is 4. The molecular formula is C17H14FN5O7S. The van der Waals surface area contributed by atoms with Gasteiger partial charge in [0.15, 0.2) is 17.4 Å². The summed E-state index contributed by atoms with van der Waals surface area (Å²) < 4.78 is 43.0. The average Bonchev–Trinajstić information content (AvgIpc) is 3.27. The number of alkyl halides is 1. The van der Waals surface area contributed by atoms with Crippen LogP contribution in [0.3, 0.4) is 0 Å². The van der Waals surface area contributed by atoms with Crippen molar-refractivity contribution in [1.82, 2.24) is 4.90 Å². The summed E-state index contributed by atoms with van der Waals surface area (Å²) in [5, 5.41) is 37.5. The molecule has 0 saturated carbocycles. The number of carbonyl (C=O) groups is 1. The van der Waals surface area contributed by atoms with Crippen LogP contribution in [-0.2, 0) is 15.0 Å². The van der Waals surface area contributed by atoms with E-state index in [0.29, 0.717) is 4.90 Å². The second-order valence-electron chi connectivity index (χ2n) is 6.64. The van der Waals surface area contributed by atoms with Gasteiger partial charge in [0.1, 0.15) is 24.7 Å². The van der Waals surface area contributed by atoms with Crippen molar-refractivity contribution in [2.24, 2.45) is 15.0 Å². The number of ketones is 1. The molecule has 3 heterocycles. The molecule has 4 N–H and O–H groups in total. The number of fused-ring (bicyclic) bond motifs is 1. The lowest BCUT2D eigenvalue weighted by Crippen LogP contribution is -2.65. The molecule has 0 amide bonds. The van der Waals surface area contributed by atoms with E-state index in [1.165, 1.54) is 24.3 Å². The number of nitrogens with one attached hydrogen (secondary N) is 1. The molecule has 0 bridgehead atoms. The van der Waals surface area contributed by atoms with Crippen LogP contribution in [0.2, 0.25) is 0 Å². The number of aliphatic imine (C=N–C) groups is 3. The Morgan fingerprint density at radius 2 is 1.97 bits per heavy atom. The second-order valence-corrected chi connectivity index (χ2v) is 7.48. The normalized spacial score (nSPS) is 30.7. The van der Waals surface area contributed by atoms with Gasteiger partial charge in [0.05, 0.1) is 0 Å². The van der Waals surface area contributed by atoms with Crippen LogP contribution >= 0.6 is 0 Å². The van der Waals surface area contributed by atoms with Crippen LogP contribution in [0, 0.1) is 5.41 Å². The Bertz CT molecular complexity index is 1190. The molecule has 4 rings (SSSR count). The SMILES string of the molecule is N=C1N=CN=C2C1=NC(=S(=O)=O)N2[C@]1(C(=O)c2ccccc2)O[C@H](C(O)F)[C@@H](O)[C@H]1O. The molecule has 0 spiro atoms. The number of carbonyl (C=O) groups excluding carboxylic acids is 1. The number of ether oxygens (including phenoxy) is 1. The highest BCUT2D eigenvalue weighted by molar-refractivity contribution is 7.73. The van der Waals surface area contributed by atoms with Crippen molar-refractivity contribution in [1.29, 1.82) is 5.41 Å². The second kappa shape index (κ2) is 7.51. The Kier molecular flexibility index (Phi) is 5.10. The largest absolute Gasteiger partial charge is 0.387 e. The van der Waals surface area contributed by atoms with Crippen molar-refractivity contribution in [3.8, 4) is 0 Å². The Balaban J connectivity index is 1.99. The van der Waals surface area contributed by atoms with Gasteiger partial charge in [-0.2, -0.15) is 8.42 Å². The highest BCUT2D eigenvalue weighted by Crippen LogP contribution is 2.41. The molecule has 3 aliphatic rings. The molecule has 1 fully saturated rings. The molecule has 1 saturated heterocycles. The van der Waals surface area contributed by atoms with E-state index in [9.17, 15) is 32.9 Å². The number of hydrogen-bond acceptors (Lipinski definition) is 9. The number of Topliss-reactive ketones (excluding diaryl/α,β-unsaturated/α-hetero) is 1. The molecule has 0 aliphatic carbocycles. The van der Waals surface area contributed by atoms with Crippen LogP contribution in [0.15, 0.2) is 45.3 Å². The van der Waals surface area contributed by atoms with E-state index in [1.807, 2.05) is 0 Å². The fourth-order valence-electron chi connectivity index (χ4n) is 3.53. The molecule has 0 aromatic heterocycles. The van der Waals surface area contributed by atoms with Crippen LogP contribution in [-0.4, -0.2) is 93.6 Å². The molecule has 1 aromatic carbocycles. The van der Waals surface area contributed by atoms with Crippen LogP contribution in [0.25, 0.3) is 0 Å². The lowest BCUT2D eigenvalue weighted by atomic mass is 9.92. The van der Waals surface area contributed by atoms with E-state index in [-0.39, 0.29) is 11.3 Å². The number of nitrogens with zero attached hydrogens (tertiary/aromatic N) is 4. The summed E-state index contributed by atoms with van der Waals surface area (Å²) in [7, 11) is -3.15. The first-order valence-corrected chi connectivity index (χ1v) is 9.78. The summed E-state index contributed by atoms with van der Waals surface area (Å²) in [6, 6.07) is 7.18. The van der Waals surface area contributed by atoms with Crippen molar-refractivity contribution in [3.63, 3.8) is 0 Å². The van der Waals surface area contributed by atoms with E-state index < -0.39 is 63.3 Å². The lowest BCUT2D eigenvalue weighted by Gasteiger charge is -2.39. The maximum absolute atomic E-state index is 13.8. The van der Waals surface area contributed by atoms with Gasteiger partial charge < -0.3 is 20.1 Å². The van der Waals surface area contributed by atoms with Crippen molar-refractivity contribution in [2.75, 3.05) is 0 Å². The fourth-order valence-corrected chi connectivity index (χ4v) is 4.07. The molecule has 162 valence electrons. The first-order chi connectivity index (χ1) is 14.7. The van der Waals surface area contributed by atoms with Gasteiger partial charge in [-0.3, -0.25) is 15.1 Å². The highest BCUT2D eigenvalue weighted by Gasteiger charge is 2.67. The Morgan fingerprint density at radius 3 is 2.55 bits per heavy atom. The average molecular weight is 451 g/mol. The topological polar surface area (TPSA) is 185 Å². The maximum Gasteiger partial charge on any atom is 0.261 e. The van der Waals surface area contributed by atoms with Crippen molar-refractivity contribution in [2.45, 2.75) is 30.4 Å². The summed E-state index contributed by atoms with van der Waals surface area (Å²) in [6.07, 6.45) is -8.42. The lowest BCUT2D eigenvalue weighted by molar-refractivity contribution is -0.154. The van der Waals surface area contributed by atoms with E-state index in [4.69, 9.17) is 10.1 Å². The molecule has 0 radical (unpaired) electrons. The number of benzene rings is 1. The number of rotatable bonds is 4. The monoisotopic (exact) mass is 451 g/mol. The van der Waals surface area contributed by atoms with Crippen LogP contribution in [0.5, 0.6) is 0 Å². The van der Waals surface area contributed by atoms with Crippen LogP contribution in [0.4, 0.5) is 4.39 Å². The molecule has 1 aromatic rings. The van der Waals surface area contributed by atoms with Gasteiger partial charge in [-0.25, -0.2) is 19.4 Å². The minimum atomic E-state index is -3.15. The standard InChI is InChI=1S/C17H14FN5O7S/c18-13(27)10-9(24)12(26)17(30-10,11(25)7-4-2-1-3-5-7)23-15-8(14(19)20-6-21-15)22-16(23)31(28)29/h1-6,9-10,12-13,19,24,26-27H/t9-,10+,12-,13?,17-/m1/s1. The van der Waals surface area contributed by atoms with E-state index in [2.05, 4.69) is 15.0 Å². The Labute approximate surface area is 174 Å². The maximum atomic E-state index is 13.8. The van der Waals surface area contributed by atoms with E-state index in [0.717, 1.165) is 6.34 Å². The Hall–Kier alpha value is -3.17. The first kappa shape index (κ1) is 21.1. The van der Waals surface area contributed by atoms with Gasteiger partial charge in [-0.15, -0.1) is 0 Å². The number of aliphatic hydroxyl groups excluding tert-OH is 3. The molecule has 5 atom stereocenters. The summed E-state index contributed by atoms with van der Waals surface area (Å²) in [5.41, 5.74) is -3.23. The summed E-state index contributed by atoms with van der Waals surface area (Å²) in [6.45, 7) is 0. The van der Waals surface area contributed by atoms with Gasteiger partial charge in [-0.1, -0.05) is 30.3 Å². The van der Waals surface area contributed by atoms with Gasteiger partial charge in [0.25, 0.3) is 15.4 Å². The molecule has 12 nitrogen and oxygen atoms in total. The summed E-state index contributed by atoms with van der Waals surface area (Å²) in [4.78, 5) is 25.3. The number of halogens is 1. The predicted molar refractivity (Wildman–Crippen MR) is 104 cm³/mol. The quantitative estimate of drug-likeness (QED) is 0.302. The number of aliphatic hydroxyl groups is 3. The molecular weight excluding hydrogens is 437 g/mol. The fraction of sp³-hybridized carbons (Fsp3) is 0.294. The zero-order valence-electron chi connectivity index (χ0n) is 15.3. The predicted octanol–water partition coefficient (Wildman–Crippen LogP) is -1.89. The summed E-state index contributed by atoms with van der Waals surface area (Å²) in [5.74, 6) is -1.96. The van der Waals surface area contributed by atoms with Crippen LogP contribution in [0.1, 0.15) is 10.4 Å². The molecule has 3 aliphatic heterocycles. The Morgan fingerprint density at radius 1 is 1.29 bits per heavy atom. The van der Waals surface area contributed by atoms with Gasteiger partial charge in [0, 0.05) is 5.56 Å². The zero-order chi connectivity index (χ0) is 22.5. The van der Waals surface area contributed by atoms with E-state index >= 15 is 0 Å². The molecule has 31 heavy (non-hydrogen) atoms. The van der Waals surface area contributed by atoms with Gasteiger partial charge in [-0.05, 0) is 0 Å². The van der Waals surface area contributed by atoms with E-state index in [1.54, 1.807) is 6.07 Å². The summed E-state index contributed by atoms with van der Waals surface area (Å²) >= 11 is 0. The first-order valence-electron chi connectivity index (χ1n) is 8.71. The van der Waals surface area contributed by atoms with Gasteiger partial charge in [0.2, 0.25) is 17.9 Å². The third-order valence-corrected chi connectivity index (χ3v) is 5.48. The minimum Gasteiger partial charge on any atom is -0.387 e. The van der Waals surface area contributed by atoms with Crippen molar-refractivity contribution < 1.29 is 37.7 Å². The third kappa shape index (κ3) is 3.03. The van der Waals surface area contributed by atoms with Crippen molar-refractivity contribution >= 4 is 44.9 Å². The minimum absolute atomic E-state index is 0.0904. The van der Waals surface area contributed by atoms with Gasteiger partial charge >= 0.3 is 0 Å². The van der Waals surface area contributed by atoms with Crippen LogP contribution < -0.4 is 0 Å².